The molecule has 0 N–H and O–H groups in total. The van der Waals surface area contributed by atoms with E-state index in [4.69, 9.17) is 4.42 Å². The van der Waals surface area contributed by atoms with Crippen LogP contribution in [0.5, 0.6) is 0 Å². The zero-order valence-corrected chi connectivity index (χ0v) is 13.4. The van der Waals surface area contributed by atoms with E-state index in [1.807, 2.05) is 24.9 Å². The first kappa shape index (κ1) is 16.3. The van der Waals surface area contributed by atoms with Crippen molar-refractivity contribution < 1.29 is 13.2 Å². The molecule has 0 fully saturated rings. The molecule has 0 aliphatic rings. The molecule has 0 amide bonds. The Labute approximate surface area is 138 Å². The number of hydrogen-bond donors (Lipinski definition) is 0. The molecule has 2 aromatic heterocycles. The van der Waals surface area contributed by atoms with Crippen LogP contribution in [0.25, 0.3) is 0 Å². The molecule has 24 heavy (non-hydrogen) atoms. The van der Waals surface area contributed by atoms with Crippen LogP contribution in [0.15, 0.2) is 53.3 Å². The Kier molecular flexibility index (Phi) is 4.66. The summed E-state index contributed by atoms with van der Waals surface area (Å²) in [6.07, 6.45) is 4.96. The van der Waals surface area contributed by atoms with Crippen molar-refractivity contribution in [2.75, 3.05) is 7.05 Å². The Morgan fingerprint density at radius 3 is 2.67 bits per heavy atom. The van der Waals surface area contributed by atoms with E-state index in [0.29, 0.717) is 23.8 Å². The first-order valence-electron chi connectivity index (χ1n) is 7.51. The van der Waals surface area contributed by atoms with E-state index in [0.717, 1.165) is 11.6 Å². The van der Waals surface area contributed by atoms with Crippen LogP contribution in [-0.4, -0.2) is 21.9 Å². The number of oxazole rings is 1. The van der Waals surface area contributed by atoms with Crippen LogP contribution in [0.3, 0.4) is 0 Å². The van der Waals surface area contributed by atoms with Crippen LogP contribution in [0.2, 0.25) is 0 Å². The average molecular weight is 329 g/mol. The predicted octanol–water partition coefficient (Wildman–Crippen LogP) is 3.88. The van der Waals surface area contributed by atoms with Gasteiger partial charge in [-0.25, -0.2) is 13.8 Å². The predicted molar refractivity (Wildman–Crippen MR) is 85.1 cm³/mol. The first-order chi connectivity index (χ1) is 11.5. The van der Waals surface area contributed by atoms with E-state index < -0.39 is 17.7 Å². The average Bonchev–Trinajstić information content (AvgIpc) is 2.96. The van der Waals surface area contributed by atoms with Crippen LogP contribution in [0, 0.1) is 18.6 Å². The zero-order valence-electron chi connectivity index (χ0n) is 13.4. The molecule has 1 atom stereocenters. The molecular formula is C18H17F2N3O. The number of hydrogen-bond acceptors (Lipinski definition) is 4. The fraction of sp³-hybridized carbons (Fsp3) is 0.222. The van der Waals surface area contributed by atoms with E-state index in [-0.39, 0.29) is 0 Å². The van der Waals surface area contributed by atoms with Gasteiger partial charge < -0.3 is 4.42 Å². The molecule has 0 saturated carbocycles. The topological polar surface area (TPSA) is 42.2 Å². The van der Waals surface area contributed by atoms with E-state index in [2.05, 4.69) is 9.97 Å². The standard InChI is InChI=1S/C18H17F2N3O/c1-12-9-22-17(24-12)11-23(2)18(13-4-3-7-21-10-13)15-6-5-14(19)8-16(15)20/h3-10,18H,11H2,1-2H3. The molecule has 3 rings (SSSR count). The molecule has 6 heteroatoms. The van der Waals surface area contributed by atoms with Crippen molar-refractivity contribution >= 4 is 0 Å². The molecular weight excluding hydrogens is 312 g/mol. The van der Waals surface area contributed by atoms with Crippen LogP contribution in [-0.2, 0) is 6.54 Å². The van der Waals surface area contributed by atoms with Gasteiger partial charge in [-0.3, -0.25) is 9.88 Å². The van der Waals surface area contributed by atoms with Crippen LogP contribution in [0.1, 0.15) is 28.8 Å². The molecule has 0 bridgehead atoms. The summed E-state index contributed by atoms with van der Waals surface area (Å²) in [6.45, 7) is 2.19. The number of nitrogens with zero attached hydrogens (tertiary/aromatic N) is 3. The Bertz CT molecular complexity index is 820. The summed E-state index contributed by atoms with van der Waals surface area (Å²) in [5.41, 5.74) is 1.17. The lowest BCUT2D eigenvalue weighted by Crippen LogP contribution is -2.26. The molecule has 0 saturated heterocycles. The third kappa shape index (κ3) is 3.49. The largest absolute Gasteiger partial charge is 0.445 e. The number of benzene rings is 1. The number of pyridine rings is 1. The van der Waals surface area contributed by atoms with Crippen LogP contribution < -0.4 is 0 Å². The molecule has 0 radical (unpaired) electrons. The van der Waals surface area contributed by atoms with Gasteiger partial charge in [0.25, 0.3) is 0 Å². The lowest BCUT2D eigenvalue weighted by molar-refractivity contribution is 0.236. The molecule has 0 aliphatic carbocycles. The lowest BCUT2D eigenvalue weighted by Gasteiger charge is -2.28. The fourth-order valence-electron chi connectivity index (χ4n) is 2.71. The Morgan fingerprint density at radius 2 is 2.04 bits per heavy atom. The van der Waals surface area contributed by atoms with Gasteiger partial charge in [-0.2, -0.15) is 0 Å². The number of aromatic nitrogens is 2. The van der Waals surface area contributed by atoms with Gasteiger partial charge in [-0.15, -0.1) is 0 Å². The van der Waals surface area contributed by atoms with E-state index >= 15 is 0 Å². The molecule has 1 unspecified atom stereocenters. The highest BCUT2D eigenvalue weighted by Crippen LogP contribution is 2.30. The second kappa shape index (κ2) is 6.88. The van der Waals surface area contributed by atoms with Crippen LogP contribution in [0.4, 0.5) is 8.78 Å². The second-order valence-corrected chi connectivity index (χ2v) is 5.63. The van der Waals surface area contributed by atoms with Crippen molar-refractivity contribution in [3.63, 3.8) is 0 Å². The first-order valence-corrected chi connectivity index (χ1v) is 7.51. The summed E-state index contributed by atoms with van der Waals surface area (Å²) < 4.78 is 33.1. The smallest absolute Gasteiger partial charge is 0.208 e. The minimum absolute atomic E-state index is 0.371. The van der Waals surface area contributed by atoms with Gasteiger partial charge in [0.05, 0.1) is 18.8 Å². The maximum absolute atomic E-state index is 14.4. The lowest BCUT2D eigenvalue weighted by atomic mass is 9.98. The van der Waals surface area contributed by atoms with Crippen molar-refractivity contribution in [1.82, 2.24) is 14.9 Å². The van der Waals surface area contributed by atoms with E-state index in [1.54, 1.807) is 24.7 Å². The van der Waals surface area contributed by atoms with Crippen molar-refractivity contribution in [2.24, 2.45) is 0 Å². The molecule has 124 valence electrons. The summed E-state index contributed by atoms with van der Waals surface area (Å²) in [5, 5.41) is 0. The Balaban J connectivity index is 1.98. The van der Waals surface area contributed by atoms with E-state index in [9.17, 15) is 8.78 Å². The summed E-state index contributed by atoms with van der Waals surface area (Å²) in [6, 6.07) is 6.81. The summed E-state index contributed by atoms with van der Waals surface area (Å²) in [7, 11) is 1.83. The van der Waals surface area contributed by atoms with Gasteiger partial charge >= 0.3 is 0 Å². The molecule has 1 aromatic carbocycles. The van der Waals surface area contributed by atoms with Gasteiger partial charge in [-0.05, 0) is 31.7 Å². The number of halogens is 2. The van der Waals surface area contributed by atoms with Gasteiger partial charge in [-0.1, -0.05) is 12.1 Å². The van der Waals surface area contributed by atoms with Gasteiger partial charge in [0.1, 0.15) is 17.4 Å². The van der Waals surface area contributed by atoms with Gasteiger partial charge in [0.15, 0.2) is 0 Å². The highest BCUT2D eigenvalue weighted by Gasteiger charge is 2.24. The minimum atomic E-state index is -0.604. The van der Waals surface area contributed by atoms with Crippen molar-refractivity contribution in [1.29, 1.82) is 0 Å². The quantitative estimate of drug-likeness (QED) is 0.712. The van der Waals surface area contributed by atoms with Gasteiger partial charge in [0.2, 0.25) is 5.89 Å². The summed E-state index contributed by atoms with van der Waals surface area (Å²) in [4.78, 5) is 10.2. The molecule has 3 aromatic rings. The number of rotatable bonds is 5. The maximum atomic E-state index is 14.4. The molecule has 2 heterocycles. The third-order valence-electron chi connectivity index (χ3n) is 3.75. The number of aryl methyl sites for hydroxylation is 1. The third-order valence-corrected chi connectivity index (χ3v) is 3.75. The summed E-state index contributed by atoms with van der Waals surface area (Å²) in [5.74, 6) is 0.0437. The minimum Gasteiger partial charge on any atom is -0.445 e. The monoisotopic (exact) mass is 329 g/mol. The Hall–Kier alpha value is -2.60. The normalized spacial score (nSPS) is 12.5. The molecule has 0 aliphatic heterocycles. The van der Waals surface area contributed by atoms with Crippen molar-refractivity contribution in [3.05, 3.63) is 83.3 Å². The highest BCUT2D eigenvalue weighted by molar-refractivity contribution is 5.31. The SMILES string of the molecule is Cc1cnc(CN(C)C(c2cccnc2)c2ccc(F)cc2F)o1. The second-order valence-electron chi connectivity index (χ2n) is 5.63. The van der Waals surface area contributed by atoms with E-state index in [1.165, 1.54) is 12.1 Å². The van der Waals surface area contributed by atoms with Crippen molar-refractivity contribution in [2.45, 2.75) is 19.5 Å². The maximum Gasteiger partial charge on any atom is 0.208 e. The summed E-state index contributed by atoms with van der Waals surface area (Å²) >= 11 is 0. The molecule has 0 spiro atoms. The van der Waals surface area contributed by atoms with Crippen LogP contribution >= 0.6 is 0 Å². The van der Waals surface area contributed by atoms with Crippen molar-refractivity contribution in [3.8, 4) is 0 Å². The van der Waals surface area contributed by atoms with Gasteiger partial charge in [0, 0.05) is 24.0 Å². The Morgan fingerprint density at radius 1 is 1.21 bits per heavy atom. The zero-order chi connectivity index (χ0) is 17.1. The highest BCUT2D eigenvalue weighted by atomic mass is 19.1. The molecule has 4 nitrogen and oxygen atoms in total. The fourth-order valence-corrected chi connectivity index (χ4v) is 2.71.